The molecule has 0 unspecified atom stereocenters. The van der Waals surface area contributed by atoms with E-state index in [9.17, 15) is 28.6 Å². The Morgan fingerprint density at radius 2 is 1.95 bits per heavy atom. The van der Waals surface area contributed by atoms with Crippen molar-refractivity contribution >= 4 is 28.3 Å². The van der Waals surface area contributed by atoms with E-state index in [1.807, 2.05) is 6.92 Å². The first-order chi connectivity index (χ1) is 18.6. The van der Waals surface area contributed by atoms with Crippen LogP contribution >= 0.6 is 11.3 Å². The van der Waals surface area contributed by atoms with Gasteiger partial charge in [0.25, 0.3) is 5.91 Å². The fourth-order valence-corrected chi connectivity index (χ4v) is 7.49. The number of anilines is 1. The standard InChI is InChI=1S/C28H31F2N3O5S/c1-27-9-8-21(35)28(2,14-34)20(27)12-19-24(16(27)11-22(36)31-13-15-5-4-10-38-15)32-26(39-19)33-25(37)23-17(29)6-3-7-18(23)30/h3-7,10,16,20-21,34-35H,8-9,11-14H2,1-2H3,(H,31,36)(H,32,33,37)/t16-,20+,21-,27+,28+/m1/s1. The number of fused-ring (bicyclic) bond motifs is 2. The molecule has 1 aromatic carbocycles. The molecule has 4 N–H and O–H groups in total. The number of carbonyl (C=O) groups excluding carboxylic acids is 2. The molecule has 5 rings (SSSR count). The molecule has 1 saturated carbocycles. The summed E-state index contributed by atoms with van der Waals surface area (Å²) >= 11 is 1.18. The van der Waals surface area contributed by atoms with Gasteiger partial charge in [-0.3, -0.25) is 14.9 Å². The normalized spacial score (nSPS) is 27.9. The van der Waals surface area contributed by atoms with E-state index in [4.69, 9.17) is 4.42 Å². The maximum atomic E-state index is 14.2. The molecular formula is C28H31F2N3O5S. The van der Waals surface area contributed by atoms with E-state index < -0.39 is 40.0 Å². The predicted molar refractivity (Wildman–Crippen MR) is 140 cm³/mol. The van der Waals surface area contributed by atoms with Crippen LogP contribution in [0.15, 0.2) is 41.0 Å². The van der Waals surface area contributed by atoms with Crippen LogP contribution in [0, 0.1) is 28.4 Å². The largest absolute Gasteiger partial charge is 0.467 e. The molecule has 0 aliphatic heterocycles. The number of aliphatic hydroxyl groups is 2. The molecule has 3 aromatic rings. The topological polar surface area (TPSA) is 125 Å². The number of amides is 2. The van der Waals surface area contributed by atoms with Gasteiger partial charge in [-0.1, -0.05) is 19.9 Å². The second kappa shape index (κ2) is 10.4. The van der Waals surface area contributed by atoms with Crippen LogP contribution in [-0.4, -0.2) is 39.7 Å². The van der Waals surface area contributed by atoms with Crippen molar-refractivity contribution in [2.75, 3.05) is 11.9 Å². The molecule has 0 bridgehead atoms. The van der Waals surface area contributed by atoms with Crippen molar-refractivity contribution in [2.45, 2.75) is 58.1 Å². The SMILES string of the molecule is C[C@]1(CO)[C@H]2Cc3sc(NC(=O)c4c(F)cccc4F)nc3[C@@H](CC(=O)NCc3ccco3)[C@]2(C)CC[C@H]1O. The molecular weight excluding hydrogens is 528 g/mol. The van der Waals surface area contributed by atoms with E-state index >= 15 is 0 Å². The minimum Gasteiger partial charge on any atom is -0.467 e. The van der Waals surface area contributed by atoms with Crippen molar-refractivity contribution in [3.05, 3.63) is 70.1 Å². The van der Waals surface area contributed by atoms with Gasteiger partial charge >= 0.3 is 0 Å². The lowest BCUT2D eigenvalue weighted by Crippen LogP contribution is -2.57. The average molecular weight is 560 g/mol. The van der Waals surface area contributed by atoms with Crippen molar-refractivity contribution in [3.8, 4) is 0 Å². The molecule has 2 amide bonds. The lowest BCUT2D eigenvalue weighted by molar-refractivity contribution is -0.144. The molecule has 11 heteroatoms. The van der Waals surface area contributed by atoms with Crippen LogP contribution in [0.5, 0.6) is 0 Å². The molecule has 2 aliphatic rings. The number of nitrogens with one attached hydrogen (secondary N) is 2. The number of carbonyl (C=O) groups is 2. The summed E-state index contributed by atoms with van der Waals surface area (Å²) in [5.74, 6) is -3.08. The smallest absolute Gasteiger partial charge is 0.263 e. The Hall–Kier alpha value is -3.15. The van der Waals surface area contributed by atoms with Crippen LogP contribution < -0.4 is 10.6 Å². The van der Waals surface area contributed by atoms with Gasteiger partial charge in [0.2, 0.25) is 5.91 Å². The highest BCUT2D eigenvalue weighted by atomic mass is 32.1. The van der Waals surface area contributed by atoms with Crippen LogP contribution in [0.4, 0.5) is 13.9 Å². The molecule has 1 fully saturated rings. The summed E-state index contributed by atoms with van der Waals surface area (Å²) < 4.78 is 33.7. The minimum absolute atomic E-state index is 0.0946. The van der Waals surface area contributed by atoms with Gasteiger partial charge in [0.1, 0.15) is 23.0 Å². The molecule has 2 aromatic heterocycles. The zero-order valence-electron chi connectivity index (χ0n) is 21.7. The van der Waals surface area contributed by atoms with Crippen molar-refractivity contribution < 1.29 is 33.0 Å². The zero-order chi connectivity index (χ0) is 27.9. The van der Waals surface area contributed by atoms with Gasteiger partial charge in [-0.25, -0.2) is 13.8 Å². The summed E-state index contributed by atoms with van der Waals surface area (Å²) in [5.41, 5.74) is -1.35. The summed E-state index contributed by atoms with van der Waals surface area (Å²) in [5, 5.41) is 26.9. The van der Waals surface area contributed by atoms with Crippen molar-refractivity contribution in [1.82, 2.24) is 10.3 Å². The highest BCUT2D eigenvalue weighted by molar-refractivity contribution is 7.15. The van der Waals surface area contributed by atoms with Crippen LogP contribution in [0.1, 0.15) is 65.7 Å². The van der Waals surface area contributed by atoms with Crippen LogP contribution in [0.25, 0.3) is 0 Å². The maximum Gasteiger partial charge on any atom is 0.263 e. The Balaban J connectivity index is 1.48. The summed E-state index contributed by atoms with van der Waals surface area (Å²) in [7, 11) is 0. The van der Waals surface area contributed by atoms with Crippen LogP contribution in [-0.2, 0) is 17.8 Å². The van der Waals surface area contributed by atoms with Crippen molar-refractivity contribution in [3.63, 3.8) is 0 Å². The molecule has 0 radical (unpaired) electrons. The van der Waals surface area contributed by atoms with Crippen LogP contribution in [0.2, 0.25) is 0 Å². The van der Waals surface area contributed by atoms with E-state index in [-0.39, 0.29) is 42.4 Å². The van der Waals surface area contributed by atoms with E-state index in [0.29, 0.717) is 30.7 Å². The number of thiazole rings is 1. The second-order valence-electron chi connectivity index (χ2n) is 11.0. The van der Waals surface area contributed by atoms with Gasteiger partial charge < -0.3 is 19.9 Å². The third-order valence-corrected chi connectivity index (χ3v) is 9.74. The molecule has 0 saturated heterocycles. The molecule has 8 nitrogen and oxygen atoms in total. The van der Waals surface area contributed by atoms with Gasteiger partial charge in [0.15, 0.2) is 5.13 Å². The first kappa shape index (κ1) is 27.4. The third kappa shape index (κ3) is 4.87. The lowest BCUT2D eigenvalue weighted by atomic mass is 9.47. The number of nitrogens with zero attached hydrogens (tertiary/aromatic N) is 1. The number of aromatic nitrogens is 1. The number of furan rings is 1. The van der Waals surface area contributed by atoms with Gasteiger partial charge in [-0.15, -0.1) is 11.3 Å². The number of rotatable bonds is 7. The number of hydrogen-bond acceptors (Lipinski definition) is 7. The first-order valence-corrected chi connectivity index (χ1v) is 13.7. The van der Waals surface area contributed by atoms with Crippen molar-refractivity contribution in [2.24, 2.45) is 16.7 Å². The fraction of sp³-hybridized carbons (Fsp3) is 0.464. The van der Waals surface area contributed by atoms with Gasteiger partial charge in [0.05, 0.1) is 31.2 Å². The number of hydrogen-bond donors (Lipinski definition) is 4. The second-order valence-corrected chi connectivity index (χ2v) is 12.1. The molecule has 2 heterocycles. The summed E-state index contributed by atoms with van der Waals surface area (Å²) in [6.45, 7) is 3.93. The Kier molecular flexibility index (Phi) is 7.34. The first-order valence-electron chi connectivity index (χ1n) is 12.9. The fourth-order valence-electron chi connectivity index (χ4n) is 6.43. The monoisotopic (exact) mass is 559 g/mol. The highest BCUT2D eigenvalue weighted by Gasteiger charge is 2.59. The van der Waals surface area contributed by atoms with Crippen LogP contribution in [0.3, 0.4) is 0 Å². The van der Waals surface area contributed by atoms with E-state index in [1.165, 1.54) is 23.7 Å². The Labute approximate surface area is 228 Å². The average Bonchev–Trinajstić information content (AvgIpc) is 3.56. The van der Waals surface area contributed by atoms with E-state index in [1.54, 1.807) is 12.1 Å². The summed E-state index contributed by atoms with van der Waals surface area (Å²) in [6, 6.07) is 6.70. The maximum absolute atomic E-state index is 14.2. The molecule has 5 atom stereocenters. The van der Waals surface area contributed by atoms with E-state index in [0.717, 1.165) is 17.0 Å². The summed E-state index contributed by atoms with van der Waals surface area (Å²) in [4.78, 5) is 31.4. The number of halogens is 2. The van der Waals surface area contributed by atoms with Gasteiger partial charge in [-0.05, 0) is 54.9 Å². The number of benzene rings is 1. The molecule has 2 aliphatic carbocycles. The third-order valence-electron chi connectivity index (χ3n) is 8.73. The molecule has 0 spiro atoms. The Morgan fingerprint density at radius 1 is 1.21 bits per heavy atom. The summed E-state index contributed by atoms with van der Waals surface area (Å²) in [6.07, 6.45) is 2.46. The minimum atomic E-state index is -0.980. The van der Waals surface area contributed by atoms with E-state index in [2.05, 4.69) is 22.5 Å². The Morgan fingerprint density at radius 3 is 2.62 bits per heavy atom. The highest BCUT2D eigenvalue weighted by Crippen LogP contribution is 2.62. The van der Waals surface area contributed by atoms with Gasteiger partial charge in [-0.2, -0.15) is 0 Å². The number of aliphatic hydroxyl groups excluding tert-OH is 2. The Bertz CT molecular complexity index is 1360. The predicted octanol–water partition coefficient (Wildman–Crippen LogP) is 4.39. The van der Waals surface area contributed by atoms with Gasteiger partial charge in [0, 0.05) is 22.6 Å². The molecule has 39 heavy (non-hydrogen) atoms. The quantitative estimate of drug-likeness (QED) is 0.340. The lowest BCUT2D eigenvalue weighted by Gasteiger charge is -2.58. The molecule has 208 valence electrons. The zero-order valence-corrected chi connectivity index (χ0v) is 22.5. The van der Waals surface area contributed by atoms with Crippen molar-refractivity contribution in [1.29, 1.82) is 0 Å².